The van der Waals surface area contributed by atoms with E-state index in [4.69, 9.17) is 11.2 Å². The number of nitrogens with one attached hydrogen (secondary N) is 2. The zero-order valence-corrected chi connectivity index (χ0v) is 18.9. The summed E-state index contributed by atoms with van der Waals surface area (Å²) >= 11 is 1.20. The molecular formula is C26H22N2O5S. The van der Waals surface area contributed by atoms with Gasteiger partial charge >= 0.3 is 12.1 Å². The minimum absolute atomic E-state index is 0.0806. The highest BCUT2D eigenvalue weighted by Crippen LogP contribution is 2.44. The number of hydrogen-bond acceptors (Lipinski definition) is 5. The molecule has 7 nitrogen and oxygen atoms in total. The van der Waals surface area contributed by atoms with Gasteiger partial charge in [-0.1, -0.05) is 54.6 Å². The molecule has 1 aromatic heterocycles. The molecule has 0 saturated heterocycles. The number of rotatable bonds is 8. The number of thiophene rings is 1. The van der Waals surface area contributed by atoms with Crippen molar-refractivity contribution in [1.29, 1.82) is 0 Å². The van der Waals surface area contributed by atoms with Crippen molar-refractivity contribution in [3.8, 4) is 23.5 Å². The normalized spacial score (nSPS) is 13.6. The number of carbonyl (C=O) groups excluding carboxylic acids is 2. The Bertz CT molecular complexity index is 1200. The quantitative estimate of drug-likeness (QED) is 0.429. The Labute approximate surface area is 200 Å². The fourth-order valence-corrected chi connectivity index (χ4v) is 4.83. The Kier molecular flexibility index (Phi) is 6.95. The molecule has 1 heterocycles. The number of carbonyl (C=O) groups is 3. The van der Waals surface area contributed by atoms with Gasteiger partial charge in [-0.2, -0.15) is 0 Å². The summed E-state index contributed by atoms with van der Waals surface area (Å²) in [5.41, 5.74) is 4.33. The summed E-state index contributed by atoms with van der Waals surface area (Å²) in [7, 11) is 0. The fraction of sp³-hybridized carbons (Fsp3) is 0.192. The molecule has 0 aliphatic heterocycles. The molecule has 1 aliphatic rings. The van der Waals surface area contributed by atoms with E-state index >= 15 is 0 Å². The molecule has 8 heteroatoms. The molecule has 3 aromatic rings. The Morgan fingerprint density at radius 1 is 1.00 bits per heavy atom. The highest BCUT2D eigenvalue weighted by atomic mass is 32.1. The molecule has 34 heavy (non-hydrogen) atoms. The maximum Gasteiger partial charge on any atom is 0.407 e. The molecule has 0 saturated carbocycles. The monoisotopic (exact) mass is 474 g/mol. The first kappa shape index (κ1) is 23.1. The third kappa shape index (κ3) is 4.80. The predicted molar refractivity (Wildman–Crippen MR) is 128 cm³/mol. The average molecular weight is 475 g/mol. The van der Waals surface area contributed by atoms with Crippen molar-refractivity contribution in [2.24, 2.45) is 0 Å². The number of fused-ring (bicyclic) bond motifs is 3. The van der Waals surface area contributed by atoms with Gasteiger partial charge in [0.2, 0.25) is 5.91 Å². The second-order valence-electron chi connectivity index (χ2n) is 7.73. The van der Waals surface area contributed by atoms with Crippen molar-refractivity contribution < 1.29 is 24.2 Å². The van der Waals surface area contributed by atoms with Gasteiger partial charge in [0, 0.05) is 17.2 Å². The predicted octanol–water partition coefficient (Wildman–Crippen LogP) is 3.92. The molecule has 2 amide bonds. The average Bonchev–Trinajstić information content (AvgIpc) is 3.47. The van der Waals surface area contributed by atoms with E-state index in [2.05, 4.69) is 16.6 Å². The summed E-state index contributed by atoms with van der Waals surface area (Å²) in [5.74, 6) is 0.294. The van der Waals surface area contributed by atoms with Gasteiger partial charge in [0.05, 0.1) is 0 Å². The summed E-state index contributed by atoms with van der Waals surface area (Å²) < 4.78 is 5.48. The molecule has 1 aliphatic carbocycles. The Balaban J connectivity index is 1.41. The van der Waals surface area contributed by atoms with Gasteiger partial charge < -0.3 is 20.5 Å². The Morgan fingerprint density at radius 3 is 2.21 bits per heavy atom. The van der Waals surface area contributed by atoms with Crippen molar-refractivity contribution >= 4 is 29.3 Å². The van der Waals surface area contributed by atoms with E-state index in [-0.39, 0.29) is 18.9 Å². The van der Waals surface area contributed by atoms with Gasteiger partial charge in [-0.3, -0.25) is 4.79 Å². The molecule has 4 rings (SSSR count). The van der Waals surface area contributed by atoms with Crippen molar-refractivity contribution in [2.45, 2.75) is 24.4 Å². The summed E-state index contributed by atoms with van der Waals surface area (Å²) in [6, 6.07) is 16.8. The SMILES string of the molecule is C#CCC(NC(=O)OCC1c2ccccc2-c2ccccc21)C(=O)NC(C(=O)O)c1cccs1. The van der Waals surface area contributed by atoms with Crippen LogP contribution in [0.5, 0.6) is 0 Å². The number of carboxylic acids is 1. The first-order chi connectivity index (χ1) is 16.5. The second kappa shape index (κ2) is 10.2. The third-order valence-electron chi connectivity index (χ3n) is 5.64. The molecule has 2 unspecified atom stereocenters. The van der Waals surface area contributed by atoms with Crippen LogP contribution < -0.4 is 10.6 Å². The van der Waals surface area contributed by atoms with Gasteiger partial charge in [0.1, 0.15) is 12.6 Å². The maximum absolute atomic E-state index is 12.7. The van der Waals surface area contributed by atoms with Crippen LogP contribution in [0.3, 0.4) is 0 Å². The van der Waals surface area contributed by atoms with Crippen molar-refractivity contribution in [3.63, 3.8) is 0 Å². The van der Waals surface area contributed by atoms with Crippen LogP contribution >= 0.6 is 11.3 Å². The molecule has 0 radical (unpaired) electrons. The van der Waals surface area contributed by atoms with Crippen molar-refractivity contribution in [2.75, 3.05) is 6.61 Å². The molecular weight excluding hydrogens is 452 g/mol. The van der Waals surface area contributed by atoms with Gasteiger partial charge in [-0.05, 0) is 33.7 Å². The number of amides is 2. The number of carboxylic acid groups (broad SMARTS) is 1. The van der Waals surface area contributed by atoms with E-state index in [1.165, 1.54) is 11.3 Å². The van der Waals surface area contributed by atoms with E-state index in [1.54, 1.807) is 17.5 Å². The minimum Gasteiger partial charge on any atom is -0.479 e. The topological polar surface area (TPSA) is 105 Å². The van der Waals surface area contributed by atoms with Crippen molar-refractivity contribution in [3.05, 3.63) is 82.0 Å². The molecule has 2 atom stereocenters. The summed E-state index contributed by atoms with van der Waals surface area (Å²) in [6.45, 7) is 0.0806. The lowest BCUT2D eigenvalue weighted by molar-refractivity contribution is -0.142. The second-order valence-corrected chi connectivity index (χ2v) is 8.71. The first-order valence-corrected chi connectivity index (χ1v) is 11.5. The fourth-order valence-electron chi connectivity index (χ4n) is 4.06. The zero-order valence-electron chi connectivity index (χ0n) is 18.1. The highest BCUT2D eigenvalue weighted by molar-refractivity contribution is 7.10. The minimum atomic E-state index is -1.24. The van der Waals surface area contributed by atoms with E-state index in [0.717, 1.165) is 22.3 Å². The van der Waals surface area contributed by atoms with Crippen LogP contribution in [0.25, 0.3) is 11.1 Å². The van der Waals surface area contributed by atoms with Crippen LogP contribution in [-0.4, -0.2) is 35.7 Å². The van der Waals surface area contributed by atoms with Gasteiger partial charge in [0.25, 0.3) is 0 Å². The largest absolute Gasteiger partial charge is 0.479 e. The number of ether oxygens (including phenoxy) is 1. The Morgan fingerprint density at radius 2 is 1.65 bits per heavy atom. The van der Waals surface area contributed by atoms with E-state index in [0.29, 0.717) is 4.88 Å². The Hall–Kier alpha value is -4.09. The van der Waals surface area contributed by atoms with Crippen LogP contribution in [0, 0.1) is 12.3 Å². The lowest BCUT2D eigenvalue weighted by Gasteiger charge is -2.20. The standard InChI is InChI=1S/C26H22N2O5S/c1-2-8-21(24(29)28-23(25(30)31)22-13-7-14-34-22)27-26(32)33-15-20-18-11-5-3-9-16(18)17-10-4-6-12-19(17)20/h1,3-7,9-14,20-21,23H,8,15H2,(H,27,32)(H,28,29)(H,30,31). The van der Waals surface area contributed by atoms with E-state index < -0.39 is 30.1 Å². The summed E-state index contributed by atoms with van der Waals surface area (Å²) in [6.07, 6.45) is 4.45. The smallest absolute Gasteiger partial charge is 0.407 e. The van der Waals surface area contributed by atoms with Crippen LogP contribution in [0.15, 0.2) is 66.0 Å². The maximum atomic E-state index is 12.7. The summed E-state index contributed by atoms with van der Waals surface area (Å²) in [5, 5.41) is 16.1. The summed E-state index contributed by atoms with van der Waals surface area (Å²) in [4.78, 5) is 37.4. The molecule has 3 N–H and O–H groups in total. The van der Waals surface area contributed by atoms with E-state index in [1.807, 2.05) is 48.5 Å². The zero-order chi connectivity index (χ0) is 24.1. The molecule has 0 spiro atoms. The third-order valence-corrected chi connectivity index (χ3v) is 6.57. The van der Waals surface area contributed by atoms with Crippen LogP contribution in [-0.2, 0) is 14.3 Å². The number of aliphatic carboxylic acids is 1. The van der Waals surface area contributed by atoms with Crippen LogP contribution in [0.1, 0.15) is 34.4 Å². The first-order valence-electron chi connectivity index (χ1n) is 10.6. The lowest BCUT2D eigenvalue weighted by atomic mass is 9.98. The lowest BCUT2D eigenvalue weighted by Crippen LogP contribution is -2.48. The van der Waals surface area contributed by atoms with Gasteiger partial charge in [0.15, 0.2) is 6.04 Å². The molecule has 0 bridgehead atoms. The highest BCUT2D eigenvalue weighted by Gasteiger charge is 2.31. The molecule has 2 aromatic carbocycles. The number of terminal acetylenes is 1. The molecule has 0 fully saturated rings. The molecule has 172 valence electrons. The van der Waals surface area contributed by atoms with Crippen LogP contribution in [0.2, 0.25) is 0 Å². The van der Waals surface area contributed by atoms with E-state index in [9.17, 15) is 19.5 Å². The number of hydrogen-bond donors (Lipinski definition) is 3. The number of benzene rings is 2. The van der Waals surface area contributed by atoms with Gasteiger partial charge in [-0.15, -0.1) is 23.7 Å². The van der Waals surface area contributed by atoms with Crippen molar-refractivity contribution in [1.82, 2.24) is 10.6 Å². The van der Waals surface area contributed by atoms with Crippen LogP contribution in [0.4, 0.5) is 4.79 Å². The number of alkyl carbamates (subject to hydrolysis) is 1. The van der Waals surface area contributed by atoms with Gasteiger partial charge in [-0.25, -0.2) is 9.59 Å².